The van der Waals surface area contributed by atoms with Crippen LogP contribution in [0.1, 0.15) is 17.3 Å². The van der Waals surface area contributed by atoms with Crippen molar-refractivity contribution in [3.05, 3.63) is 66.1 Å². The van der Waals surface area contributed by atoms with Gasteiger partial charge in [-0.2, -0.15) is 4.98 Å². The number of hydrogen-bond acceptors (Lipinski definition) is 8. The Bertz CT molecular complexity index is 902. The van der Waals surface area contributed by atoms with E-state index in [1.807, 2.05) is 30.3 Å². The van der Waals surface area contributed by atoms with Gasteiger partial charge in [0.1, 0.15) is 0 Å². The predicted octanol–water partition coefficient (Wildman–Crippen LogP) is 3.60. The molecule has 0 fully saturated rings. The van der Waals surface area contributed by atoms with Gasteiger partial charge in [-0.3, -0.25) is 0 Å². The van der Waals surface area contributed by atoms with Crippen molar-refractivity contribution in [3.8, 4) is 11.6 Å². The number of thioether (sulfide) groups is 1. The maximum absolute atomic E-state index is 5.62. The highest BCUT2D eigenvalue weighted by Gasteiger charge is 2.13. The van der Waals surface area contributed by atoms with Gasteiger partial charge in [-0.1, -0.05) is 47.3 Å². The maximum atomic E-state index is 5.62. The zero-order valence-corrected chi connectivity index (χ0v) is 13.3. The largest absolute Gasteiger partial charge is 0.461 e. The first kappa shape index (κ1) is 14.7. The molecule has 0 N–H and O–H groups in total. The minimum Gasteiger partial charge on any atom is -0.461 e. The van der Waals surface area contributed by atoms with Gasteiger partial charge in [-0.05, 0) is 17.7 Å². The Morgan fingerprint density at radius 3 is 2.71 bits per heavy atom. The lowest BCUT2D eigenvalue weighted by molar-refractivity contribution is 0.388. The van der Waals surface area contributed by atoms with Crippen molar-refractivity contribution in [1.29, 1.82) is 0 Å². The molecule has 0 aliphatic rings. The summed E-state index contributed by atoms with van der Waals surface area (Å²) in [5, 5.41) is 12.4. The van der Waals surface area contributed by atoms with E-state index in [9.17, 15) is 0 Å². The molecule has 4 rings (SSSR count). The fourth-order valence-corrected chi connectivity index (χ4v) is 2.70. The Hall–Kier alpha value is -2.87. The number of benzene rings is 1. The van der Waals surface area contributed by atoms with Crippen molar-refractivity contribution < 1.29 is 13.4 Å². The Morgan fingerprint density at radius 2 is 1.88 bits per heavy atom. The Morgan fingerprint density at radius 1 is 0.958 bits per heavy atom. The third-order valence-corrected chi connectivity index (χ3v) is 3.98. The summed E-state index contributed by atoms with van der Waals surface area (Å²) in [6.07, 6.45) is 2.17. The van der Waals surface area contributed by atoms with Gasteiger partial charge in [-0.25, -0.2) is 0 Å². The molecular weight excluding hydrogens is 328 g/mol. The maximum Gasteiger partial charge on any atom is 0.277 e. The van der Waals surface area contributed by atoms with E-state index in [4.69, 9.17) is 13.4 Å². The van der Waals surface area contributed by atoms with Gasteiger partial charge in [0.05, 0.1) is 18.4 Å². The van der Waals surface area contributed by atoms with Crippen LogP contribution in [0.25, 0.3) is 11.6 Å². The number of hydrogen-bond donors (Lipinski definition) is 0. The Kier molecular flexibility index (Phi) is 4.11. The molecule has 7 nitrogen and oxygen atoms in total. The summed E-state index contributed by atoms with van der Waals surface area (Å²) < 4.78 is 16.0. The topological polar surface area (TPSA) is 91.0 Å². The van der Waals surface area contributed by atoms with Crippen LogP contribution < -0.4 is 0 Å². The van der Waals surface area contributed by atoms with E-state index in [2.05, 4.69) is 20.3 Å². The molecule has 8 heteroatoms. The molecule has 0 aliphatic heterocycles. The third kappa shape index (κ3) is 3.38. The van der Waals surface area contributed by atoms with E-state index in [1.165, 1.54) is 11.8 Å². The van der Waals surface area contributed by atoms with Crippen LogP contribution >= 0.6 is 11.8 Å². The van der Waals surface area contributed by atoms with Gasteiger partial charge >= 0.3 is 0 Å². The molecule has 1 aromatic carbocycles. The monoisotopic (exact) mass is 340 g/mol. The Labute approximate surface area is 141 Å². The van der Waals surface area contributed by atoms with Crippen LogP contribution in [-0.2, 0) is 12.2 Å². The molecular formula is C16H12N4O3S. The molecule has 3 aromatic heterocycles. The summed E-state index contributed by atoms with van der Waals surface area (Å²) in [5.41, 5.74) is 1.12. The first-order chi connectivity index (χ1) is 11.9. The van der Waals surface area contributed by atoms with Crippen LogP contribution in [0, 0.1) is 0 Å². The molecule has 4 aromatic rings. The second kappa shape index (κ2) is 6.71. The van der Waals surface area contributed by atoms with Crippen molar-refractivity contribution in [2.45, 2.75) is 17.4 Å². The highest BCUT2D eigenvalue weighted by atomic mass is 32.2. The molecule has 0 amide bonds. The lowest BCUT2D eigenvalue weighted by Crippen LogP contribution is -1.87. The van der Waals surface area contributed by atoms with Crippen molar-refractivity contribution in [2.75, 3.05) is 0 Å². The van der Waals surface area contributed by atoms with E-state index in [-0.39, 0.29) is 0 Å². The van der Waals surface area contributed by atoms with E-state index < -0.39 is 0 Å². The van der Waals surface area contributed by atoms with Crippen molar-refractivity contribution >= 4 is 11.8 Å². The number of aromatic nitrogens is 4. The predicted molar refractivity (Wildman–Crippen MR) is 85.1 cm³/mol. The van der Waals surface area contributed by atoms with Gasteiger partial charge < -0.3 is 13.4 Å². The van der Waals surface area contributed by atoms with Crippen LogP contribution in [0.5, 0.6) is 0 Å². The van der Waals surface area contributed by atoms with Crippen LogP contribution in [0.4, 0.5) is 0 Å². The molecule has 120 valence electrons. The Balaban J connectivity index is 1.36. The standard InChI is InChI=1S/C16H12N4O3S/c1-2-5-11(6-3-1)9-13-18-19-16(22-13)24-10-14-17-15(20-23-14)12-7-4-8-21-12/h1-8H,9-10H2. The highest BCUT2D eigenvalue weighted by Crippen LogP contribution is 2.23. The van der Waals surface area contributed by atoms with Crippen molar-refractivity contribution in [3.63, 3.8) is 0 Å². The molecule has 0 bridgehead atoms. The van der Waals surface area contributed by atoms with Crippen LogP contribution in [0.2, 0.25) is 0 Å². The van der Waals surface area contributed by atoms with Crippen LogP contribution in [-0.4, -0.2) is 20.3 Å². The summed E-state index contributed by atoms with van der Waals surface area (Å²) in [6.45, 7) is 0. The van der Waals surface area contributed by atoms with Gasteiger partial charge in [0.25, 0.3) is 5.22 Å². The molecule has 0 atom stereocenters. The summed E-state index contributed by atoms with van der Waals surface area (Å²) in [7, 11) is 0. The first-order valence-corrected chi connectivity index (χ1v) is 8.21. The lowest BCUT2D eigenvalue weighted by Gasteiger charge is -1.94. The average molecular weight is 340 g/mol. The van der Waals surface area contributed by atoms with Crippen LogP contribution in [0.15, 0.2) is 67.3 Å². The van der Waals surface area contributed by atoms with Gasteiger partial charge in [0.2, 0.25) is 17.6 Å². The molecule has 0 radical (unpaired) electrons. The van der Waals surface area contributed by atoms with Gasteiger partial charge in [0, 0.05) is 0 Å². The fourth-order valence-electron chi connectivity index (χ4n) is 2.08. The van der Waals surface area contributed by atoms with E-state index >= 15 is 0 Å². The molecule has 0 saturated heterocycles. The van der Waals surface area contributed by atoms with E-state index in [0.29, 0.717) is 40.8 Å². The smallest absolute Gasteiger partial charge is 0.277 e. The molecule has 0 aliphatic carbocycles. The minimum absolute atomic E-state index is 0.422. The normalized spacial score (nSPS) is 11.0. The molecule has 0 unspecified atom stereocenters. The quantitative estimate of drug-likeness (QED) is 0.492. The van der Waals surface area contributed by atoms with Gasteiger partial charge in [-0.15, -0.1) is 10.2 Å². The summed E-state index contributed by atoms with van der Waals surface area (Å²) in [6, 6.07) is 13.5. The molecule has 3 heterocycles. The van der Waals surface area contributed by atoms with E-state index in [1.54, 1.807) is 18.4 Å². The average Bonchev–Trinajstić information content (AvgIpc) is 3.35. The molecule has 24 heavy (non-hydrogen) atoms. The van der Waals surface area contributed by atoms with Crippen molar-refractivity contribution in [1.82, 2.24) is 20.3 Å². The SMILES string of the molecule is c1ccc(Cc2nnc(SCc3nc(-c4ccco4)no3)o2)cc1. The summed E-state index contributed by atoms with van der Waals surface area (Å²) >= 11 is 1.35. The van der Waals surface area contributed by atoms with Gasteiger partial charge in [0.15, 0.2) is 5.76 Å². The van der Waals surface area contributed by atoms with E-state index in [0.717, 1.165) is 5.56 Å². The summed E-state index contributed by atoms with van der Waals surface area (Å²) in [5.74, 6) is 2.48. The summed E-state index contributed by atoms with van der Waals surface area (Å²) in [4.78, 5) is 4.26. The number of nitrogens with zero attached hydrogens (tertiary/aromatic N) is 4. The number of furan rings is 1. The lowest BCUT2D eigenvalue weighted by atomic mass is 10.2. The third-order valence-electron chi connectivity index (χ3n) is 3.18. The zero-order valence-electron chi connectivity index (χ0n) is 12.5. The van der Waals surface area contributed by atoms with Crippen molar-refractivity contribution in [2.24, 2.45) is 0 Å². The first-order valence-electron chi connectivity index (χ1n) is 7.22. The molecule has 0 spiro atoms. The molecule has 0 saturated carbocycles. The van der Waals surface area contributed by atoms with Crippen LogP contribution in [0.3, 0.4) is 0 Å². The fraction of sp³-hybridized carbons (Fsp3) is 0.125. The zero-order chi connectivity index (χ0) is 16.2. The highest BCUT2D eigenvalue weighted by molar-refractivity contribution is 7.98. The second-order valence-corrected chi connectivity index (χ2v) is 5.83. The minimum atomic E-state index is 0.422. The second-order valence-electron chi connectivity index (χ2n) is 4.90. The number of rotatable bonds is 6.